The lowest BCUT2D eigenvalue weighted by Gasteiger charge is -2.32. The molecule has 2 aromatic heterocycles. The van der Waals surface area contributed by atoms with E-state index in [2.05, 4.69) is 37.5 Å². The second-order valence-corrected chi connectivity index (χ2v) is 9.89. The van der Waals surface area contributed by atoms with Crippen LogP contribution in [-0.4, -0.2) is 38.9 Å². The van der Waals surface area contributed by atoms with Crippen molar-refractivity contribution >= 4 is 28.8 Å². The summed E-state index contributed by atoms with van der Waals surface area (Å²) >= 11 is 0. The van der Waals surface area contributed by atoms with Gasteiger partial charge < -0.3 is 21.8 Å². The molecule has 0 radical (unpaired) electrons. The Hall–Kier alpha value is -3.63. The van der Waals surface area contributed by atoms with Gasteiger partial charge in [0.15, 0.2) is 11.5 Å². The molecular weight excluding hydrogens is 453 g/mol. The molecule has 1 unspecified atom stereocenters. The van der Waals surface area contributed by atoms with Gasteiger partial charge in [-0.1, -0.05) is 12.1 Å². The molecule has 2 aromatic rings. The zero-order valence-electron chi connectivity index (χ0n) is 20.2. The molecule has 2 heterocycles. The van der Waals surface area contributed by atoms with Gasteiger partial charge in [-0.3, -0.25) is 14.6 Å². The predicted octanol–water partition coefficient (Wildman–Crippen LogP) is 3.20. The molecule has 2 atom stereocenters. The van der Waals surface area contributed by atoms with Crippen LogP contribution < -0.4 is 16.4 Å². The highest BCUT2D eigenvalue weighted by Gasteiger charge is 2.55. The molecule has 2 saturated carbocycles. The number of halogens is 1. The van der Waals surface area contributed by atoms with Gasteiger partial charge >= 0.3 is 0 Å². The number of allylic oxidation sites excluding steroid dienone is 2. The summed E-state index contributed by atoms with van der Waals surface area (Å²) < 4.78 is 19.6. The average Bonchev–Trinajstić information content (AvgIpc) is 3.69. The van der Waals surface area contributed by atoms with Gasteiger partial charge in [0.25, 0.3) is 5.91 Å². The third-order valence-corrected chi connectivity index (χ3v) is 6.88. The Labute approximate surface area is 202 Å². The van der Waals surface area contributed by atoms with Gasteiger partial charge in [0, 0.05) is 23.0 Å². The van der Waals surface area contributed by atoms with Gasteiger partial charge in [0.05, 0.1) is 11.9 Å². The van der Waals surface area contributed by atoms with Gasteiger partial charge in [0.2, 0.25) is 5.91 Å². The van der Waals surface area contributed by atoms with Gasteiger partial charge in [-0.25, -0.2) is 9.02 Å². The second-order valence-electron chi connectivity index (χ2n) is 9.89. The lowest BCUT2D eigenvalue weighted by molar-refractivity contribution is -0.120. The van der Waals surface area contributed by atoms with E-state index in [0.29, 0.717) is 11.6 Å². The molecular formula is C24H30FN7O3. The maximum Gasteiger partial charge on any atom is 0.276 e. The number of nitrogens with two attached hydrogens (primary N) is 1. The lowest BCUT2D eigenvalue weighted by Crippen LogP contribution is -2.51. The Bertz CT molecular complexity index is 1210. The number of aryl methyl sites for hydroxylation is 1. The maximum absolute atomic E-state index is 14.9. The topological polar surface area (TPSA) is 160 Å². The Morgan fingerprint density at radius 3 is 2.43 bits per heavy atom. The Morgan fingerprint density at radius 1 is 1.26 bits per heavy atom. The molecule has 0 aromatic carbocycles. The minimum Gasteiger partial charge on any atom is -0.402 e. The third kappa shape index (κ3) is 5.08. The van der Waals surface area contributed by atoms with Crippen LogP contribution in [0.25, 0.3) is 5.57 Å². The predicted molar refractivity (Wildman–Crippen MR) is 127 cm³/mol. The van der Waals surface area contributed by atoms with E-state index in [-0.39, 0.29) is 45.4 Å². The van der Waals surface area contributed by atoms with Crippen LogP contribution in [0.4, 0.5) is 10.1 Å². The fraction of sp³-hybridized carbons (Fsp3) is 0.500. The van der Waals surface area contributed by atoms with E-state index >= 15 is 0 Å². The van der Waals surface area contributed by atoms with Crippen molar-refractivity contribution in [3.8, 4) is 0 Å². The number of hydrogen-bond donors (Lipinski definition) is 4. The third-order valence-electron chi connectivity index (χ3n) is 6.88. The van der Waals surface area contributed by atoms with Crippen LogP contribution in [0.2, 0.25) is 0 Å². The molecule has 0 spiro atoms. The molecule has 0 aliphatic heterocycles. The summed E-state index contributed by atoms with van der Waals surface area (Å²) in [5.74, 6) is -1.47. The monoisotopic (exact) mass is 483 g/mol. The molecule has 2 fully saturated rings. The molecule has 186 valence electrons. The van der Waals surface area contributed by atoms with Gasteiger partial charge in [0.1, 0.15) is 17.4 Å². The van der Waals surface area contributed by atoms with E-state index in [1.54, 1.807) is 13.8 Å². The Morgan fingerprint density at radius 2 is 1.94 bits per heavy atom. The molecule has 0 saturated heterocycles. The van der Waals surface area contributed by atoms with Crippen LogP contribution in [0.3, 0.4) is 0 Å². The normalized spacial score (nSPS) is 18.8. The highest BCUT2D eigenvalue weighted by molar-refractivity contribution is 6.21. The molecule has 5 N–H and O–H groups in total. The van der Waals surface area contributed by atoms with Crippen LogP contribution >= 0.6 is 0 Å². The van der Waals surface area contributed by atoms with E-state index in [4.69, 9.17) is 11.1 Å². The maximum atomic E-state index is 14.9. The van der Waals surface area contributed by atoms with E-state index in [1.807, 2.05) is 0 Å². The van der Waals surface area contributed by atoms with Crippen molar-refractivity contribution in [3.05, 3.63) is 40.9 Å². The first-order valence-electron chi connectivity index (χ1n) is 11.6. The number of amides is 2. The highest BCUT2D eigenvalue weighted by Crippen LogP contribution is 2.60. The van der Waals surface area contributed by atoms with Crippen molar-refractivity contribution in [1.82, 2.24) is 20.6 Å². The number of nitrogens with zero attached hydrogens (tertiary/aromatic N) is 3. The summed E-state index contributed by atoms with van der Waals surface area (Å²) in [4.78, 5) is 30.5. The summed E-state index contributed by atoms with van der Waals surface area (Å²) in [7, 11) is 0. The number of anilines is 1. The summed E-state index contributed by atoms with van der Waals surface area (Å²) in [6.45, 7) is 6.79. The quantitative estimate of drug-likeness (QED) is 0.398. The van der Waals surface area contributed by atoms with E-state index in [9.17, 15) is 14.0 Å². The molecule has 0 bridgehead atoms. The minimum atomic E-state index is -0.855. The zero-order valence-corrected chi connectivity index (χ0v) is 20.2. The van der Waals surface area contributed by atoms with Crippen LogP contribution in [0.1, 0.15) is 68.3 Å². The number of rotatable bonds is 9. The smallest absolute Gasteiger partial charge is 0.276 e. The Kier molecular flexibility index (Phi) is 6.44. The molecule has 2 amide bonds. The lowest BCUT2D eigenvalue weighted by atomic mass is 9.80. The van der Waals surface area contributed by atoms with Gasteiger partial charge in [-0.05, 0) is 68.9 Å². The number of carbonyl (C=O) groups is 2. The molecule has 4 rings (SSSR count). The number of hydrogen-bond acceptors (Lipinski definition) is 8. The number of carbonyl (C=O) groups excluding carboxylic acids is 2. The van der Waals surface area contributed by atoms with Crippen molar-refractivity contribution in [2.24, 2.45) is 23.0 Å². The Balaban J connectivity index is 1.61. The molecule has 10 nitrogen and oxygen atoms in total. The van der Waals surface area contributed by atoms with Crippen molar-refractivity contribution in [2.75, 3.05) is 5.32 Å². The first kappa shape index (κ1) is 24.5. The largest absolute Gasteiger partial charge is 0.402 e. The van der Waals surface area contributed by atoms with Crippen LogP contribution in [0.15, 0.2) is 22.6 Å². The molecule has 2 aliphatic rings. The summed E-state index contributed by atoms with van der Waals surface area (Å²) in [5, 5.41) is 20.7. The second kappa shape index (κ2) is 9.20. The van der Waals surface area contributed by atoms with Crippen LogP contribution in [0.5, 0.6) is 0 Å². The van der Waals surface area contributed by atoms with Crippen molar-refractivity contribution in [3.63, 3.8) is 0 Å². The minimum absolute atomic E-state index is 0.0221. The van der Waals surface area contributed by atoms with Gasteiger partial charge in [-0.15, -0.1) is 0 Å². The SMILES string of the molecule is CC(=N)/C(=C(/C)N)c1ncc(NC(=O)[C@@H](NC(=O)c2nonc2C)C(C2CC2)C2(C)CC2)cc1F. The number of nitrogens with one attached hydrogen (secondary N) is 3. The standard InChI is InChI=1S/C24H30FN7O3/c1-11(26)17(12(2)27)20-16(25)9-15(10-28-20)29-23(34)21(18(14-5-6-14)24(4)7-8-24)30-22(33)19-13(3)31-35-32-19/h9-10,14,18,21,26H,5-8,27H2,1-4H3,(H,29,34)(H,30,33)/b17-12+,26-11?/t18?,21-/m0/s1. The first-order chi connectivity index (χ1) is 16.5. The molecule has 11 heteroatoms. The summed E-state index contributed by atoms with van der Waals surface area (Å²) in [6, 6.07) is 0.286. The van der Waals surface area contributed by atoms with E-state index in [1.165, 1.54) is 13.1 Å². The first-order valence-corrected chi connectivity index (χ1v) is 11.6. The molecule has 35 heavy (non-hydrogen) atoms. The summed E-state index contributed by atoms with van der Waals surface area (Å²) in [6.07, 6.45) is 5.25. The van der Waals surface area contributed by atoms with Crippen LogP contribution in [0, 0.1) is 35.4 Å². The zero-order chi connectivity index (χ0) is 25.5. The van der Waals surface area contributed by atoms with Gasteiger partial charge in [-0.2, -0.15) is 0 Å². The average molecular weight is 484 g/mol. The van der Waals surface area contributed by atoms with Crippen LogP contribution in [-0.2, 0) is 4.79 Å². The molecule has 2 aliphatic carbocycles. The van der Waals surface area contributed by atoms with Crippen molar-refractivity contribution in [2.45, 2.75) is 59.4 Å². The van der Waals surface area contributed by atoms with E-state index < -0.39 is 23.7 Å². The highest BCUT2D eigenvalue weighted by atomic mass is 19.1. The number of aromatic nitrogens is 3. The van der Waals surface area contributed by atoms with Crippen molar-refractivity contribution in [1.29, 1.82) is 5.41 Å². The van der Waals surface area contributed by atoms with E-state index in [0.717, 1.165) is 31.7 Å². The fourth-order valence-corrected chi connectivity index (χ4v) is 4.77. The van der Waals surface area contributed by atoms with Crippen molar-refractivity contribution < 1.29 is 18.6 Å². The number of pyridine rings is 1. The fourth-order valence-electron chi connectivity index (χ4n) is 4.77. The summed E-state index contributed by atoms with van der Waals surface area (Å²) in [5.41, 5.74) is 6.74.